The lowest BCUT2D eigenvalue weighted by atomic mass is 9.95. The number of fused-ring (bicyclic) bond motifs is 1. The molecular weight excluding hydrogens is 352 g/mol. The summed E-state index contributed by atoms with van der Waals surface area (Å²) in [6, 6.07) is 8.95. The first-order valence-corrected chi connectivity index (χ1v) is 9.34. The van der Waals surface area contributed by atoms with Crippen LogP contribution in [0.3, 0.4) is 0 Å². The van der Waals surface area contributed by atoms with Gasteiger partial charge in [-0.3, -0.25) is 9.59 Å². The average molecular weight is 370 g/mol. The molecule has 3 aromatic rings. The van der Waals surface area contributed by atoms with Gasteiger partial charge in [-0.05, 0) is 42.5 Å². The molecule has 134 valence electrons. The van der Waals surface area contributed by atoms with Gasteiger partial charge in [0.25, 0.3) is 5.91 Å². The quantitative estimate of drug-likeness (QED) is 0.660. The monoisotopic (exact) mass is 370 g/mol. The Hall–Kier alpha value is -2.87. The van der Waals surface area contributed by atoms with Gasteiger partial charge in [0.1, 0.15) is 0 Å². The van der Waals surface area contributed by atoms with Gasteiger partial charge in [-0.2, -0.15) is 0 Å². The van der Waals surface area contributed by atoms with Gasteiger partial charge in [-0.15, -0.1) is 11.3 Å². The lowest BCUT2D eigenvalue weighted by molar-refractivity contribution is -0.121. The van der Waals surface area contributed by atoms with Crippen molar-refractivity contribution in [3.63, 3.8) is 0 Å². The van der Waals surface area contributed by atoms with Gasteiger partial charge >= 0.3 is 5.69 Å². The summed E-state index contributed by atoms with van der Waals surface area (Å²) in [5, 5.41) is 4.80. The summed E-state index contributed by atoms with van der Waals surface area (Å²) in [7, 11) is 0. The van der Waals surface area contributed by atoms with Crippen LogP contribution >= 0.6 is 11.3 Å². The summed E-state index contributed by atoms with van der Waals surface area (Å²) in [6.45, 7) is 1.16. The van der Waals surface area contributed by atoms with Crippen LogP contribution in [0.5, 0.6) is 0 Å². The number of hydrogen-bond donors (Lipinski definition) is 3. The van der Waals surface area contributed by atoms with E-state index in [4.69, 9.17) is 0 Å². The molecule has 0 saturated carbocycles. The van der Waals surface area contributed by atoms with Gasteiger partial charge in [-0.25, -0.2) is 4.79 Å². The van der Waals surface area contributed by atoms with Gasteiger partial charge in [0.15, 0.2) is 0 Å². The SMILES string of the molecule is O=C(Nc1ccc2[nH]c(=O)[nH]c2c1)C1CCN(C(=O)c2cccs2)CC1. The summed E-state index contributed by atoms with van der Waals surface area (Å²) in [5.74, 6) is -0.130. The number of piperidine rings is 1. The molecule has 1 aliphatic rings. The molecule has 4 rings (SSSR count). The molecule has 0 spiro atoms. The Kier molecular flexibility index (Phi) is 4.34. The van der Waals surface area contributed by atoms with Crippen LogP contribution in [0.25, 0.3) is 11.0 Å². The second kappa shape index (κ2) is 6.80. The highest BCUT2D eigenvalue weighted by atomic mass is 32.1. The number of likely N-dealkylation sites (tertiary alicyclic amines) is 1. The van der Waals surface area contributed by atoms with Gasteiger partial charge in [0, 0.05) is 24.7 Å². The van der Waals surface area contributed by atoms with Crippen molar-refractivity contribution in [2.45, 2.75) is 12.8 Å². The highest BCUT2D eigenvalue weighted by Crippen LogP contribution is 2.23. The third-order valence-corrected chi connectivity index (χ3v) is 5.53. The number of aromatic amines is 2. The molecule has 2 aromatic heterocycles. The molecule has 8 heteroatoms. The third kappa shape index (κ3) is 3.28. The fourth-order valence-electron chi connectivity index (χ4n) is 3.26. The van der Waals surface area contributed by atoms with Crippen molar-refractivity contribution < 1.29 is 9.59 Å². The number of benzene rings is 1. The molecule has 2 amide bonds. The molecule has 7 nitrogen and oxygen atoms in total. The minimum atomic E-state index is -0.272. The normalized spacial score (nSPS) is 15.3. The maximum Gasteiger partial charge on any atom is 0.323 e. The molecule has 3 heterocycles. The molecule has 1 fully saturated rings. The zero-order valence-electron chi connectivity index (χ0n) is 14.0. The fraction of sp³-hybridized carbons (Fsp3) is 0.278. The van der Waals surface area contributed by atoms with Crippen LogP contribution in [0.15, 0.2) is 40.5 Å². The molecular formula is C18H18N4O3S. The molecule has 0 aliphatic carbocycles. The van der Waals surface area contributed by atoms with E-state index >= 15 is 0 Å². The molecule has 0 unspecified atom stereocenters. The number of amides is 2. The molecule has 1 aliphatic heterocycles. The fourth-order valence-corrected chi connectivity index (χ4v) is 3.95. The van der Waals surface area contributed by atoms with Crippen molar-refractivity contribution in [3.05, 3.63) is 51.1 Å². The van der Waals surface area contributed by atoms with Crippen LogP contribution in [0, 0.1) is 5.92 Å². The summed E-state index contributed by atoms with van der Waals surface area (Å²) in [5.41, 5.74) is 1.73. The minimum absolute atomic E-state index is 0.0423. The zero-order valence-corrected chi connectivity index (χ0v) is 14.8. The highest BCUT2D eigenvalue weighted by molar-refractivity contribution is 7.12. The molecule has 26 heavy (non-hydrogen) atoms. The van der Waals surface area contributed by atoms with Crippen LogP contribution in [0.2, 0.25) is 0 Å². The summed E-state index contributed by atoms with van der Waals surface area (Å²) < 4.78 is 0. The molecule has 1 aromatic carbocycles. The van der Waals surface area contributed by atoms with Crippen molar-refractivity contribution in [1.29, 1.82) is 0 Å². The second-order valence-corrected chi connectivity index (χ2v) is 7.32. The largest absolute Gasteiger partial charge is 0.338 e. The number of nitrogens with one attached hydrogen (secondary N) is 3. The number of hydrogen-bond acceptors (Lipinski definition) is 4. The first-order valence-electron chi connectivity index (χ1n) is 8.46. The number of anilines is 1. The number of nitrogens with zero attached hydrogens (tertiary/aromatic N) is 1. The van der Waals surface area contributed by atoms with Gasteiger partial charge in [-0.1, -0.05) is 6.07 Å². The van der Waals surface area contributed by atoms with Crippen LogP contribution in [-0.4, -0.2) is 39.8 Å². The van der Waals surface area contributed by atoms with Crippen LogP contribution in [-0.2, 0) is 4.79 Å². The number of thiophene rings is 1. The minimum Gasteiger partial charge on any atom is -0.338 e. The van der Waals surface area contributed by atoms with Crippen molar-refractivity contribution >= 4 is 39.9 Å². The van der Waals surface area contributed by atoms with E-state index < -0.39 is 0 Å². The molecule has 3 N–H and O–H groups in total. The Morgan fingerprint density at radius 2 is 1.88 bits per heavy atom. The van der Waals surface area contributed by atoms with Crippen LogP contribution in [0.1, 0.15) is 22.5 Å². The Morgan fingerprint density at radius 3 is 2.62 bits per heavy atom. The van der Waals surface area contributed by atoms with E-state index in [1.165, 1.54) is 11.3 Å². The van der Waals surface area contributed by atoms with Crippen molar-refractivity contribution in [1.82, 2.24) is 14.9 Å². The van der Waals surface area contributed by atoms with Crippen molar-refractivity contribution in [3.8, 4) is 0 Å². The van der Waals surface area contributed by atoms with E-state index in [0.29, 0.717) is 42.7 Å². The number of carbonyl (C=O) groups excluding carboxylic acids is 2. The number of rotatable bonds is 3. The zero-order chi connectivity index (χ0) is 18.1. The number of carbonyl (C=O) groups is 2. The Balaban J connectivity index is 1.37. The second-order valence-electron chi connectivity index (χ2n) is 6.37. The van der Waals surface area contributed by atoms with E-state index in [-0.39, 0.29) is 23.4 Å². The van der Waals surface area contributed by atoms with E-state index in [1.54, 1.807) is 18.2 Å². The first kappa shape index (κ1) is 16.6. The maximum absolute atomic E-state index is 12.5. The lowest BCUT2D eigenvalue weighted by Gasteiger charge is -2.31. The van der Waals surface area contributed by atoms with E-state index in [0.717, 1.165) is 4.88 Å². The standard InChI is InChI=1S/C18H18N4O3S/c23-16(19-12-3-4-13-14(10-12)21-18(25)20-13)11-5-7-22(8-6-11)17(24)15-2-1-9-26-15/h1-4,9-11H,5-8H2,(H,19,23)(H2,20,21,25). The smallest absolute Gasteiger partial charge is 0.323 e. The molecule has 1 saturated heterocycles. The number of H-pyrrole nitrogens is 2. The summed E-state index contributed by atoms with van der Waals surface area (Å²) in [6.07, 6.45) is 1.29. The predicted molar refractivity (Wildman–Crippen MR) is 100 cm³/mol. The van der Waals surface area contributed by atoms with E-state index in [1.807, 2.05) is 22.4 Å². The predicted octanol–water partition coefficient (Wildman–Crippen LogP) is 2.41. The van der Waals surface area contributed by atoms with Crippen molar-refractivity contribution in [2.75, 3.05) is 18.4 Å². The highest BCUT2D eigenvalue weighted by Gasteiger charge is 2.28. The Bertz CT molecular complexity index is 997. The topological polar surface area (TPSA) is 98.1 Å². The van der Waals surface area contributed by atoms with Gasteiger partial charge in [0.2, 0.25) is 5.91 Å². The Labute approximate surface area is 153 Å². The third-order valence-electron chi connectivity index (χ3n) is 4.67. The number of imidazole rings is 1. The molecule has 0 radical (unpaired) electrons. The Morgan fingerprint density at radius 1 is 1.12 bits per heavy atom. The average Bonchev–Trinajstić information content (AvgIpc) is 3.29. The van der Waals surface area contributed by atoms with E-state index in [9.17, 15) is 14.4 Å². The van der Waals surface area contributed by atoms with Gasteiger partial charge in [0.05, 0.1) is 15.9 Å². The lowest BCUT2D eigenvalue weighted by Crippen LogP contribution is -2.41. The summed E-state index contributed by atoms with van der Waals surface area (Å²) in [4.78, 5) is 44.1. The first-order chi connectivity index (χ1) is 12.6. The molecule has 0 atom stereocenters. The van der Waals surface area contributed by atoms with Crippen LogP contribution < -0.4 is 11.0 Å². The van der Waals surface area contributed by atoms with Gasteiger partial charge < -0.3 is 20.2 Å². The van der Waals surface area contributed by atoms with Crippen molar-refractivity contribution in [2.24, 2.45) is 5.92 Å². The van der Waals surface area contributed by atoms with Crippen LogP contribution in [0.4, 0.5) is 5.69 Å². The summed E-state index contributed by atoms with van der Waals surface area (Å²) >= 11 is 1.44. The maximum atomic E-state index is 12.5. The molecule has 0 bridgehead atoms. The van der Waals surface area contributed by atoms with E-state index in [2.05, 4.69) is 15.3 Å². The number of aromatic nitrogens is 2.